The van der Waals surface area contributed by atoms with Crippen LogP contribution >= 0.6 is 0 Å². The van der Waals surface area contributed by atoms with Gasteiger partial charge in [-0.05, 0) is 45.0 Å². The van der Waals surface area contributed by atoms with E-state index in [0.29, 0.717) is 30.2 Å². The number of fused-ring (bicyclic) bond motifs is 1. The van der Waals surface area contributed by atoms with Crippen molar-refractivity contribution in [2.24, 2.45) is 5.73 Å². The number of alkyl halides is 3. The number of nitrogens with one attached hydrogen (secondary N) is 1. The summed E-state index contributed by atoms with van der Waals surface area (Å²) in [5.74, 6) is -1.83. The molecule has 4 N–H and O–H groups in total. The first kappa shape index (κ1) is 24.5. The van der Waals surface area contributed by atoms with E-state index < -0.39 is 46.6 Å². The first-order valence-electron chi connectivity index (χ1n) is 10.6. The molecule has 0 bridgehead atoms. The van der Waals surface area contributed by atoms with Crippen LogP contribution in [0.2, 0.25) is 0 Å². The highest BCUT2D eigenvalue weighted by Gasteiger charge is 2.38. The van der Waals surface area contributed by atoms with E-state index in [9.17, 15) is 27.5 Å². The average molecular weight is 493 g/mol. The highest BCUT2D eigenvalue weighted by atomic mass is 19.4. The number of rotatable bonds is 5. The Morgan fingerprint density at radius 1 is 1.23 bits per heavy atom. The molecule has 1 atom stereocenters. The van der Waals surface area contributed by atoms with Gasteiger partial charge in [0.2, 0.25) is 0 Å². The Labute approximate surface area is 197 Å². The van der Waals surface area contributed by atoms with Crippen molar-refractivity contribution in [3.8, 4) is 5.75 Å². The number of aromatic nitrogens is 2. The van der Waals surface area contributed by atoms with Gasteiger partial charge in [0.25, 0.3) is 0 Å². The Morgan fingerprint density at radius 2 is 1.91 bits per heavy atom. The van der Waals surface area contributed by atoms with E-state index in [1.165, 1.54) is 6.92 Å². The standard InChI is InChI=1S/C23H23F4N5O3/c1-11(16-7-14(35-21(28)33)8-18(19(16)24)23(25,26)27)29-20-17-6-13(32-9-22(3,34)10-32)4-5-15(17)12(2)30-31-20/h4-8,11,34H,9-10H2,1-3H3,(H2,28,33)(H,29,31)/t11-/m1/s1. The second-order valence-corrected chi connectivity index (χ2v) is 8.88. The molecule has 4 rings (SSSR count). The Kier molecular flexibility index (Phi) is 5.95. The third-order valence-corrected chi connectivity index (χ3v) is 5.79. The molecule has 2 heterocycles. The molecular formula is C23H23F4N5O3. The number of β-amino-alcohol motifs (C(OH)–C–C–N with tert-alkyl or cyclic N) is 1. The van der Waals surface area contributed by atoms with Gasteiger partial charge >= 0.3 is 12.3 Å². The zero-order valence-electron chi connectivity index (χ0n) is 19.1. The number of aryl methyl sites for hydroxylation is 1. The van der Waals surface area contributed by atoms with E-state index in [2.05, 4.69) is 20.3 Å². The summed E-state index contributed by atoms with van der Waals surface area (Å²) in [4.78, 5) is 13.1. The predicted octanol–water partition coefficient (Wildman–Crippen LogP) is 4.30. The number of aliphatic hydroxyl groups is 1. The van der Waals surface area contributed by atoms with Gasteiger partial charge < -0.3 is 25.8 Å². The van der Waals surface area contributed by atoms with Crippen LogP contribution in [0.15, 0.2) is 30.3 Å². The van der Waals surface area contributed by atoms with E-state index >= 15 is 0 Å². The number of hydrogen-bond acceptors (Lipinski definition) is 7. The number of hydrogen-bond donors (Lipinski definition) is 3. The van der Waals surface area contributed by atoms with E-state index in [1.807, 2.05) is 23.1 Å². The predicted molar refractivity (Wildman–Crippen MR) is 121 cm³/mol. The van der Waals surface area contributed by atoms with Crippen LogP contribution < -0.4 is 20.7 Å². The SMILES string of the molecule is Cc1nnc(N[C@H](C)c2cc(OC(N)=O)cc(C(F)(F)F)c2F)c2cc(N3CC(C)(O)C3)ccc12. The van der Waals surface area contributed by atoms with Crippen molar-refractivity contribution in [3.05, 3.63) is 53.0 Å². The second kappa shape index (κ2) is 8.52. The van der Waals surface area contributed by atoms with Crippen LogP contribution in [0, 0.1) is 12.7 Å². The van der Waals surface area contributed by atoms with Crippen molar-refractivity contribution >= 4 is 28.4 Å². The van der Waals surface area contributed by atoms with Gasteiger partial charge in [0.1, 0.15) is 11.6 Å². The molecule has 8 nitrogen and oxygen atoms in total. The topological polar surface area (TPSA) is 114 Å². The summed E-state index contributed by atoms with van der Waals surface area (Å²) in [6, 6.07) is 5.86. The number of halogens is 4. The number of carbonyl (C=O) groups is 1. The molecule has 3 aromatic rings. The lowest BCUT2D eigenvalue weighted by molar-refractivity contribution is -0.140. The minimum Gasteiger partial charge on any atom is -0.410 e. The fraction of sp³-hybridized carbons (Fsp3) is 0.348. The summed E-state index contributed by atoms with van der Waals surface area (Å²) in [5, 5.41) is 22.6. The minimum atomic E-state index is -5.03. The third-order valence-electron chi connectivity index (χ3n) is 5.79. The lowest BCUT2D eigenvalue weighted by Crippen LogP contribution is -2.60. The van der Waals surface area contributed by atoms with Crippen LogP contribution in [0.1, 0.15) is 36.7 Å². The van der Waals surface area contributed by atoms with Crippen LogP contribution in [0.25, 0.3) is 10.8 Å². The molecule has 186 valence electrons. The van der Waals surface area contributed by atoms with Crippen molar-refractivity contribution in [2.75, 3.05) is 23.3 Å². The van der Waals surface area contributed by atoms with E-state index in [0.717, 1.165) is 17.1 Å². The van der Waals surface area contributed by atoms with E-state index in [4.69, 9.17) is 5.73 Å². The Bertz CT molecular complexity index is 1300. The fourth-order valence-electron chi connectivity index (χ4n) is 4.14. The van der Waals surface area contributed by atoms with Crippen molar-refractivity contribution in [2.45, 2.75) is 38.6 Å². The van der Waals surface area contributed by atoms with Crippen molar-refractivity contribution in [1.29, 1.82) is 0 Å². The van der Waals surface area contributed by atoms with E-state index in [-0.39, 0.29) is 5.82 Å². The molecule has 0 unspecified atom stereocenters. The zero-order chi connectivity index (χ0) is 25.7. The van der Waals surface area contributed by atoms with Crippen molar-refractivity contribution < 1.29 is 32.2 Å². The Morgan fingerprint density at radius 3 is 2.51 bits per heavy atom. The second-order valence-electron chi connectivity index (χ2n) is 8.88. The summed E-state index contributed by atoms with van der Waals surface area (Å²) in [5.41, 5.74) is 3.59. The van der Waals surface area contributed by atoms with Crippen LogP contribution in [-0.2, 0) is 6.18 Å². The maximum absolute atomic E-state index is 14.9. The van der Waals surface area contributed by atoms with Gasteiger partial charge in [-0.15, -0.1) is 5.10 Å². The molecule has 35 heavy (non-hydrogen) atoms. The molecule has 0 radical (unpaired) electrons. The number of anilines is 2. The highest BCUT2D eigenvalue weighted by Crippen LogP contribution is 2.39. The molecule has 0 spiro atoms. The van der Waals surface area contributed by atoms with Crippen LogP contribution in [0.5, 0.6) is 5.75 Å². The molecule has 1 saturated heterocycles. The van der Waals surface area contributed by atoms with Gasteiger partial charge in [-0.25, -0.2) is 9.18 Å². The average Bonchev–Trinajstić information content (AvgIpc) is 2.73. The summed E-state index contributed by atoms with van der Waals surface area (Å²) < 4.78 is 59.8. The van der Waals surface area contributed by atoms with Crippen LogP contribution in [0.4, 0.5) is 33.9 Å². The molecule has 0 aliphatic carbocycles. The summed E-state index contributed by atoms with van der Waals surface area (Å²) in [6.45, 7) is 5.81. The summed E-state index contributed by atoms with van der Waals surface area (Å²) in [7, 11) is 0. The largest absolute Gasteiger partial charge is 0.419 e. The highest BCUT2D eigenvalue weighted by molar-refractivity contribution is 5.95. The van der Waals surface area contributed by atoms with Gasteiger partial charge in [-0.3, -0.25) is 0 Å². The molecule has 12 heteroatoms. The van der Waals surface area contributed by atoms with Gasteiger partial charge in [0, 0.05) is 35.1 Å². The van der Waals surface area contributed by atoms with Gasteiger partial charge in [-0.2, -0.15) is 18.3 Å². The number of primary amides is 1. The molecule has 1 aliphatic rings. The maximum Gasteiger partial charge on any atom is 0.419 e. The molecule has 0 saturated carbocycles. The molecule has 1 fully saturated rings. The fourth-order valence-corrected chi connectivity index (χ4v) is 4.14. The number of nitrogens with two attached hydrogens (primary N) is 1. The van der Waals surface area contributed by atoms with Gasteiger partial charge in [0.05, 0.1) is 22.9 Å². The van der Waals surface area contributed by atoms with Gasteiger partial charge in [0.15, 0.2) is 5.82 Å². The molecule has 2 aromatic carbocycles. The van der Waals surface area contributed by atoms with Crippen molar-refractivity contribution in [3.63, 3.8) is 0 Å². The number of amides is 1. The normalized spacial score (nSPS) is 16.1. The molecule has 1 aromatic heterocycles. The van der Waals surface area contributed by atoms with Crippen LogP contribution in [0.3, 0.4) is 0 Å². The Balaban J connectivity index is 1.73. The van der Waals surface area contributed by atoms with Crippen LogP contribution in [-0.4, -0.2) is 40.1 Å². The minimum absolute atomic E-state index is 0.224. The first-order valence-corrected chi connectivity index (χ1v) is 10.6. The zero-order valence-corrected chi connectivity index (χ0v) is 19.1. The molecule has 1 amide bonds. The quantitative estimate of drug-likeness (QED) is 0.454. The number of benzene rings is 2. The summed E-state index contributed by atoms with van der Waals surface area (Å²) >= 11 is 0. The smallest absolute Gasteiger partial charge is 0.410 e. The van der Waals surface area contributed by atoms with E-state index in [1.54, 1.807) is 13.8 Å². The van der Waals surface area contributed by atoms with Crippen molar-refractivity contribution in [1.82, 2.24) is 10.2 Å². The number of carbonyl (C=O) groups excluding carboxylic acids is 1. The monoisotopic (exact) mass is 493 g/mol. The lowest BCUT2D eigenvalue weighted by atomic mass is 9.95. The molecule has 1 aliphatic heterocycles. The lowest BCUT2D eigenvalue weighted by Gasteiger charge is -2.45. The number of ether oxygens (including phenoxy) is 1. The number of nitrogens with zero attached hydrogens (tertiary/aromatic N) is 3. The molecular weight excluding hydrogens is 470 g/mol. The Hall–Kier alpha value is -3.67. The summed E-state index contributed by atoms with van der Waals surface area (Å²) in [6.07, 6.45) is -6.36. The third kappa shape index (κ3) is 4.92. The van der Waals surface area contributed by atoms with Gasteiger partial charge in [-0.1, -0.05) is 6.07 Å². The maximum atomic E-state index is 14.9. The first-order chi connectivity index (χ1) is 16.2.